The second-order valence-electron chi connectivity index (χ2n) is 1.98. The van der Waals surface area contributed by atoms with Crippen LogP contribution in [0, 0.1) is 0 Å². The van der Waals surface area contributed by atoms with E-state index < -0.39 is 0 Å². The summed E-state index contributed by atoms with van der Waals surface area (Å²) in [5.41, 5.74) is 1.09. The van der Waals surface area contributed by atoms with E-state index in [9.17, 15) is 0 Å². The predicted octanol–water partition coefficient (Wildman–Crippen LogP) is 1.50. The number of aromatic nitrogens is 2. The van der Waals surface area contributed by atoms with Crippen LogP contribution in [0.25, 0.3) is 0 Å². The average Bonchev–Trinajstić information content (AvgIpc) is 2.36. The molecule has 0 bridgehead atoms. The molecule has 0 spiro atoms. The second-order valence-corrected chi connectivity index (χ2v) is 2.73. The molecule has 0 radical (unpaired) electrons. The summed E-state index contributed by atoms with van der Waals surface area (Å²) < 4.78 is 0.856. The van der Waals surface area contributed by atoms with Crippen LogP contribution in [0.3, 0.4) is 0 Å². The third-order valence-corrected chi connectivity index (χ3v) is 2.06. The summed E-state index contributed by atoms with van der Waals surface area (Å²) in [6.07, 6.45) is 4.19. The molecule has 0 aliphatic carbocycles. The van der Waals surface area contributed by atoms with Gasteiger partial charge in [-0.25, -0.2) is 15.0 Å². The molecule has 4 heteroatoms. The zero-order valence-electron chi connectivity index (χ0n) is 5.08. The molecule has 0 atom stereocenters. The smallest absolute Gasteiger partial charge is 0.159 e. The van der Waals surface area contributed by atoms with Crippen molar-refractivity contribution in [1.29, 1.82) is 0 Å². The number of hydrogen-bond donors (Lipinski definition) is 0. The summed E-state index contributed by atoms with van der Waals surface area (Å²) in [5.74, 6) is 0.793. The van der Waals surface area contributed by atoms with Gasteiger partial charge in [-0.2, -0.15) is 0 Å². The van der Waals surface area contributed by atoms with Crippen molar-refractivity contribution in [3.8, 4) is 0 Å². The Hall–Kier alpha value is -0.770. The Balaban J connectivity index is 2.66. The van der Waals surface area contributed by atoms with Gasteiger partial charge in [-0.1, -0.05) is 0 Å². The van der Waals surface area contributed by atoms with E-state index >= 15 is 0 Å². The molecule has 0 amide bonds. The second kappa shape index (κ2) is 2.12. The van der Waals surface area contributed by atoms with Crippen molar-refractivity contribution in [2.75, 3.05) is 0 Å². The standard InChI is InChI=1S/C6H4BrN3/c7-5-4-1-2-8-6(4)10-3-9-5/h2-3H,1H2. The number of halogens is 1. The lowest BCUT2D eigenvalue weighted by Gasteiger charge is -1.95. The zero-order valence-corrected chi connectivity index (χ0v) is 6.67. The monoisotopic (exact) mass is 197 g/mol. The summed E-state index contributed by atoms with van der Waals surface area (Å²) in [6, 6.07) is 0. The highest BCUT2D eigenvalue weighted by Gasteiger charge is 2.10. The summed E-state index contributed by atoms with van der Waals surface area (Å²) >= 11 is 3.32. The summed E-state index contributed by atoms with van der Waals surface area (Å²) in [5, 5.41) is 0. The third kappa shape index (κ3) is 0.759. The van der Waals surface area contributed by atoms with Crippen LogP contribution in [0.4, 0.5) is 5.82 Å². The van der Waals surface area contributed by atoms with Gasteiger partial charge in [-0.05, 0) is 15.9 Å². The van der Waals surface area contributed by atoms with E-state index in [2.05, 4.69) is 30.9 Å². The van der Waals surface area contributed by atoms with E-state index in [1.165, 1.54) is 6.33 Å². The van der Waals surface area contributed by atoms with E-state index in [0.29, 0.717) is 0 Å². The van der Waals surface area contributed by atoms with Gasteiger partial charge >= 0.3 is 0 Å². The van der Waals surface area contributed by atoms with E-state index in [-0.39, 0.29) is 0 Å². The number of hydrogen-bond acceptors (Lipinski definition) is 3. The topological polar surface area (TPSA) is 38.1 Å². The van der Waals surface area contributed by atoms with Crippen molar-refractivity contribution in [2.24, 2.45) is 4.99 Å². The Morgan fingerprint density at radius 1 is 1.40 bits per heavy atom. The summed E-state index contributed by atoms with van der Waals surface area (Å²) in [6.45, 7) is 0. The van der Waals surface area contributed by atoms with Crippen LogP contribution in [-0.2, 0) is 6.42 Å². The Kier molecular flexibility index (Phi) is 1.27. The number of nitrogens with zero attached hydrogens (tertiary/aromatic N) is 3. The Bertz CT molecular complexity index is 295. The van der Waals surface area contributed by atoms with Crippen LogP contribution in [-0.4, -0.2) is 16.2 Å². The van der Waals surface area contributed by atoms with Crippen LogP contribution >= 0.6 is 15.9 Å². The van der Waals surface area contributed by atoms with Crippen molar-refractivity contribution >= 4 is 28.0 Å². The van der Waals surface area contributed by atoms with Gasteiger partial charge in [0.1, 0.15) is 10.9 Å². The molecule has 0 aromatic carbocycles. The van der Waals surface area contributed by atoms with Gasteiger partial charge in [0.05, 0.1) is 0 Å². The van der Waals surface area contributed by atoms with Crippen LogP contribution in [0.2, 0.25) is 0 Å². The van der Waals surface area contributed by atoms with Crippen LogP contribution in [0.5, 0.6) is 0 Å². The minimum absolute atomic E-state index is 0.793. The van der Waals surface area contributed by atoms with Gasteiger partial charge in [0.2, 0.25) is 0 Å². The van der Waals surface area contributed by atoms with Crippen molar-refractivity contribution < 1.29 is 0 Å². The molecule has 3 nitrogen and oxygen atoms in total. The molecule has 10 heavy (non-hydrogen) atoms. The van der Waals surface area contributed by atoms with Crippen LogP contribution in [0.1, 0.15) is 5.56 Å². The minimum Gasteiger partial charge on any atom is -0.241 e. The van der Waals surface area contributed by atoms with Gasteiger partial charge in [-0.3, -0.25) is 0 Å². The molecule has 1 aliphatic rings. The third-order valence-electron chi connectivity index (χ3n) is 1.38. The van der Waals surface area contributed by atoms with Crippen LogP contribution < -0.4 is 0 Å². The summed E-state index contributed by atoms with van der Waals surface area (Å²) in [4.78, 5) is 12.0. The molecule has 1 aromatic heterocycles. The fourth-order valence-corrected chi connectivity index (χ4v) is 1.32. The Morgan fingerprint density at radius 3 is 3.10 bits per heavy atom. The van der Waals surface area contributed by atoms with E-state index in [1.54, 1.807) is 0 Å². The van der Waals surface area contributed by atoms with E-state index in [1.807, 2.05) is 6.21 Å². The molecule has 1 aliphatic heterocycles. The number of rotatable bonds is 0. The zero-order chi connectivity index (χ0) is 6.97. The normalized spacial score (nSPS) is 13.7. The SMILES string of the molecule is Brc1ncnc2c1CC=N2. The summed E-state index contributed by atoms with van der Waals surface area (Å²) in [7, 11) is 0. The maximum absolute atomic E-state index is 4.05. The Labute approximate surface area is 66.4 Å². The fourth-order valence-electron chi connectivity index (χ4n) is 0.892. The highest BCUT2D eigenvalue weighted by Crippen LogP contribution is 2.25. The van der Waals surface area contributed by atoms with Gasteiger partial charge in [0, 0.05) is 18.2 Å². The lowest BCUT2D eigenvalue weighted by atomic mass is 10.3. The predicted molar refractivity (Wildman–Crippen MR) is 41.6 cm³/mol. The molecule has 0 fully saturated rings. The van der Waals surface area contributed by atoms with Gasteiger partial charge in [-0.15, -0.1) is 0 Å². The number of aliphatic imine (C=N–C) groups is 1. The van der Waals surface area contributed by atoms with Crippen molar-refractivity contribution in [1.82, 2.24) is 9.97 Å². The first-order valence-corrected chi connectivity index (χ1v) is 3.69. The van der Waals surface area contributed by atoms with E-state index in [0.717, 1.165) is 22.4 Å². The molecule has 1 aromatic rings. The molecule has 2 heterocycles. The number of fused-ring (bicyclic) bond motifs is 1. The lowest BCUT2D eigenvalue weighted by molar-refractivity contribution is 1.09. The quantitative estimate of drug-likeness (QED) is 0.592. The van der Waals surface area contributed by atoms with Gasteiger partial charge in [0.25, 0.3) is 0 Å². The molecule has 0 unspecified atom stereocenters. The van der Waals surface area contributed by atoms with Crippen molar-refractivity contribution in [2.45, 2.75) is 6.42 Å². The molecule has 50 valence electrons. The molecule has 2 rings (SSSR count). The lowest BCUT2D eigenvalue weighted by Crippen LogP contribution is -1.86. The van der Waals surface area contributed by atoms with Gasteiger partial charge < -0.3 is 0 Å². The van der Waals surface area contributed by atoms with Crippen molar-refractivity contribution in [3.05, 3.63) is 16.5 Å². The first kappa shape index (κ1) is 5.97. The van der Waals surface area contributed by atoms with Crippen LogP contribution in [0.15, 0.2) is 15.9 Å². The van der Waals surface area contributed by atoms with Gasteiger partial charge in [0.15, 0.2) is 5.82 Å². The van der Waals surface area contributed by atoms with E-state index in [4.69, 9.17) is 0 Å². The molecular formula is C6H4BrN3. The molecule has 0 saturated heterocycles. The average molecular weight is 198 g/mol. The van der Waals surface area contributed by atoms with Crippen molar-refractivity contribution in [3.63, 3.8) is 0 Å². The molecule has 0 N–H and O–H groups in total. The minimum atomic E-state index is 0.793. The molecule has 0 saturated carbocycles. The largest absolute Gasteiger partial charge is 0.241 e. The highest BCUT2D eigenvalue weighted by atomic mass is 79.9. The maximum Gasteiger partial charge on any atom is 0.159 e. The fraction of sp³-hybridized carbons (Fsp3) is 0.167. The first-order valence-electron chi connectivity index (χ1n) is 2.90. The first-order chi connectivity index (χ1) is 4.88. The molecular weight excluding hydrogens is 194 g/mol. The Morgan fingerprint density at radius 2 is 2.30 bits per heavy atom. The maximum atomic E-state index is 4.05. The highest BCUT2D eigenvalue weighted by molar-refractivity contribution is 9.10.